The van der Waals surface area contributed by atoms with Crippen molar-refractivity contribution in [1.82, 2.24) is 29.6 Å². The molecule has 10 heteroatoms. The van der Waals surface area contributed by atoms with Gasteiger partial charge in [0.05, 0.1) is 29.4 Å². The second kappa shape index (κ2) is 7.79. The predicted molar refractivity (Wildman–Crippen MR) is 106 cm³/mol. The fourth-order valence-corrected chi connectivity index (χ4v) is 3.44. The maximum Gasteiger partial charge on any atom is 0.232 e. The Balaban J connectivity index is 1.66. The third-order valence-electron chi connectivity index (χ3n) is 4.93. The number of ether oxygens (including phenoxy) is 1. The third kappa shape index (κ3) is 3.85. The molecule has 0 unspecified atom stereocenters. The molecule has 1 amide bonds. The molecule has 10 nitrogen and oxygen atoms in total. The monoisotopic (exact) mass is 394 g/mol. The molecule has 2 N–H and O–H groups in total. The van der Waals surface area contributed by atoms with E-state index in [4.69, 9.17) is 4.74 Å². The number of hydrogen-bond acceptors (Lipinski definition) is 7. The summed E-state index contributed by atoms with van der Waals surface area (Å²) in [7, 11) is 0. The number of aryl methyl sites for hydroxylation is 1. The molecule has 0 radical (unpaired) electrons. The number of amides is 1. The zero-order valence-corrected chi connectivity index (χ0v) is 16.3. The number of carbonyl (C=O) groups is 1. The molecule has 1 atom stereocenters. The van der Waals surface area contributed by atoms with E-state index in [1.54, 1.807) is 28.9 Å². The van der Waals surface area contributed by atoms with Crippen LogP contribution in [0.1, 0.15) is 32.3 Å². The smallest absolute Gasteiger partial charge is 0.232 e. The number of piperidine rings is 1. The molecule has 4 rings (SSSR count). The lowest BCUT2D eigenvalue weighted by molar-refractivity contribution is -0.131. The van der Waals surface area contributed by atoms with Gasteiger partial charge < -0.3 is 19.9 Å². The Morgan fingerprint density at radius 1 is 1.48 bits per heavy atom. The number of rotatable bonds is 5. The first kappa shape index (κ1) is 18.7. The van der Waals surface area contributed by atoms with Gasteiger partial charge in [0.25, 0.3) is 0 Å². The van der Waals surface area contributed by atoms with Gasteiger partial charge >= 0.3 is 0 Å². The van der Waals surface area contributed by atoms with Crippen LogP contribution in [0.2, 0.25) is 0 Å². The molecule has 0 aliphatic carbocycles. The lowest BCUT2D eigenvalue weighted by Crippen LogP contribution is -2.43. The topological polar surface area (TPSA) is 125 Å². The summed E-state index contributed by atoms with van der Waals surface area (Å²) in [5.74, 6) is 0.697. The van der Waals surface area contributed by atoms with Crippen LogP contribution in [0.3, 0.4) is 0 Å². The standard InChI is InChI=1S/C19H22N8O2/c1-3-27-10-14(9-22-27)23-19-24-17-16(13(7-20)8-21-17)18(25-19)29-15-5-4-6-26(11-15)12(2)28/h8-10,15H,3-6,11H2,1-2H3,(H2,21,23,24,25)/t15-/m1/s1. The Morgan fingerprint density at radius 3 is 3.07 bits per heavy atom. The molecular weight excluding hydrogens is 372 g/mol. The molecule has 1 aliphatic heterocycles. The average Bonchev–Trinajstić information content (AvgIpc) is 3.34. The highest BCUT2D eigenvalue weighted by Gasteiger charge is 2.25. The lowest BCUT2D eigenvalue weighted by Gasteiger charge is -2.32. The van der Waals surface area contributed by atoms with Crippen LogP contribution in [-0.2, 0) is 11.3 Å². The van der Waals surface area contributed by atoms with E-state index in [9.17, 15) is 10.1 Å². The molecular formula is C19H22N8O2. The number of aromatic nitrogens is 5. The van der Waals surface area contributed by atoms with Gasteiger partial charge in [-0.3, -0.25) is 9.48 Å². The largest absolute Gasteiger partial charge is 0.472 e. The maximum atomic E-state index is 11.7. The van der Waals surface area contributed by atoms with Gasteiger partial charge in [-0.25, -0.2) is 0 Å². The van der Waals surface area contributed by atoms with E-state index in [0.29, 0.717) is 35.0 Å². The number of nitrogens with zero attached hydrogens (tertiary/aromatic N) is 6. The van der Waals surface area contributed by atoms with Crippen LogP contribution in [0.5, 0.6) is 5.88 Å². The molecule has 0 aromatic carbocycles. The van der Waals surface area contributed by atoms with Gasteiger partial charge in [0.2, 0.25) is 17.7 Å². The molecule has 0 spiro atoms. The minimum absolute atomic E-state index is 0.0285. The van der Waals surface area contributed by atoms with Gasteiger partial charge in [-0.2, -0.15) is 20.3 Å². The van der Waals surface area contributed by atoms with Crippen molar-refractivity contribution in [2.75, 3.05) is 18.4 Å². The third-order valence-corrected chi connectivity index (χ3v) is 4.93. The molecule has 3 aromatic heterocycles. The van der Waals surface area contributed by atoms with Crippen LogP contribution in [0.15, 0.2) is 18.6 Å². The highest BCUT2D eigenvalue weighted by atomic mass is 16.5. The van der Waals surface area contributed by atoms with E-state index in [1.165, 1.54) is 0 Å². The second-order valence-corrected chi connectivity index (χ2v) is 6.95. The number of carbonyl (C=O) groups excluding carboxylic acids is 1. The normalized spacial score (nSPS) is 16.6. The molecule has 29 heavy (non-hydrogen) atoms. The number of fused-ring (bicyclic) bond motifs is 1. The Hall–Kier alpha value is -3.61. The maximum absolute atomic E-state index is 11.7. The van der Waals surface area contributed by atoms with Crippen molar-refractivity contribution in [2.45, 2.75) is 39.3 Å². The SMILES string of the molecule is CCn1cc(Nc2nc(O[C@@H]3CCCN(C(C)=O)C3)c3c(C#N)c[nH]c3n2)cn1. The number of aromatic amines is 1. The summed E-state index contributed by atoms with van der Waals surface area (Å²) in [6.07, 6.45) is 6.62. The quantitative estimate of drug-likeness (QED) is 0.679. The van der Waals surface area contributed by atoms with E-state index in [2.05, 4.69) is 31.4 Å². The van der Waals surface area contributed by atoms with E-state index in [0.717, 1.165) is 31.6 Å². The highest BCUT2D eigenvalue weighted by molar-refractivity contribution is 5.88. The zero-order chi connectivity index (χ0) is 20.4. The van der Waals surface area contributed by atoms with Crippen molar-refractivity contribution >= 4 is 28.6 Å². The van der Waals surface area contributed by atoms with Crippen molar-refractivity contribution < 1.29 is 9.53 Å². The number of nitrogens with one attached hydrogen (secondary N) is 2. The van der Waals surface area contributed by atoms with Gasteiger partial charge in [-0.05, 0) is 19.8 Å². The zero-order valence-electron chi connectivity index (χ0n) is 16.3. The summed E-state index contributed by atoms with van der Waals surface area (Å²) >= 11 is 0. The van der Waals surface area contributed by atoms with Crippen molar-refractivity contribution in [3.05, 3.63) is 24.2 Å². The second-order valence-electron chi connectivity index (χ2n) is 6.95. The van der Waals surface area contributed by atoms with Crippen LogP contribution in [-0.4, -0.2) is 54.7 Å². The van der Waals surface area contributed by atoms with Gasteiger partial charge in [0.1, 0.15) is 17.8 Å². The van der Waals surface area contributed by atoms with Gasteiger partial charge in [0.15, 0.2) is 0 Å². The minimum atomic E-state index is -0.192. The Morgan fingerprint density at radius 2 is 2.34 bits per heavy atom. The predicted octanol–water partition coefficient (Wildman–Crippen LogP) is 2.18. The summed E-state index contributed by atoms with van der Waals surface area (Å²) in [6.45, 7) is 5.55. The first-order chi connectivity index (χ1) is 14.1. The Bertz CT molecular complexity index is 1080. The molecule has 0 bridgehead atoms. The highest BCUT2D eigenvalue weighted by Crippen LogP contribution is 2.30. The average molecular weight is 394 g/mol. The fourth-order valence-electron chi connectivity index (χ4n) is 3.44. The first-order valence-electron chi connectivity index (χ1n) is 9.58. The van der Waals surface area contributed by atoms with Crippen molar-refractivity contribution in [3.63, 3.8) is 0 Å². The summed E-state index contributed by atoms with van der Waals surface area (Å²) in [4.78, 5) is 25.5. The number of hydrogen-bond donors (Lipinski definition) is 2. The first-order valence-corrected chi connectivity index (χ1v) is 9.58. The van der Waals surface area contributed by atoms with Crippen LogP contribution in [0, 0.1) is 11.3 Å². The summed E-state index contributed by atoms with van der Waals surface area (Å²) in [5.41, 5.74) is 1.68. The molecule has 3 aromatic rings. The number of likely N-dealkylation sites (tertiary alicyclic amines) is 1. The van der Waals surface area contributed by atoms with Gasteiger partial charge in [-0.15, -0.1) is 0 Å². The summed E-state index contributed by atoms with van der Waals surface area (Å²) in [6, 6.07) is 2.15. The van der Waals surface area contributed by atoms with E-state index in [1.807, 2.05) is 13.1 Å². The van der Waals surface area contributed by atoms with Gasteiger partial charge in [0, 0.05) is 32.4 Å². The number of nitriles is 1. The minimum Gasteiger partial charge on any atom is -0.472 e. The Labute approximate surface area is 167 Å². The van der Waals surface area contributed by atoms with Crippen molar-refractivity contribution in [1.29, 1.82) is 5.26 Å². The number of H-pyrrole nitrogens is 1. The number of anilines is 2. The molecule has 4 heterocycles. The molecule has 0 saturated carbocycles. The molecule has 1 aliphatic rings. The lowest BCUT2D eigenvalue weighted by atomic mass is 10.1. The van der Waals surface area contributed by atoms with Crippen molar-refractivity contribution in [2.24, 2.45) is 0 Å². The van der Waals surface area contributed by atoms with Crippen LogP contribution < -0.4 is 10.1 Å². The fraction of sp³-hybridized carbons (Fsp3) is 0.421. The molecule has 1 saturated heterocycles. The van der Waals surface area contributed by atoms with Gasteiger partial charge in [-0.1, -0.05) is 0 Å². The molecule has 1 fully saturated rings. The van der Waals surface area contributed by atoms with E-state index in [-0.39, 0.29) is 12.0 Å². The van der Waals surface area contributed by atoms with Crippen molar-refractivity contribution in [3.8, 4) is 11.9 Å². The summed E-state index contributed by atoms with van der Waals surface area (Å²) in [5, 5.41) is 17.3. The Kier molecular flexibility index (Phi) is 5.03. The van der Waals surface area contributed by atoms with E-state index < -0.39 is 0 Å². The van der Waals surface area contributed by atoms with Crippen LogP contribution in [0.25, 0.3) is 11.0 Å². The van der Waals surface area contributed by atoms with E-state index >= 15 is 0 Å². The molecule has 150 valence electrons. The summed E-state index contributed by atoms with van der Waals surface area (Å²) < 4.78 is 7.97. The van der Waals surface area contributed by atoms with Crippen LogP contribution in [0.4, 0.5) is 11.6 Å². The van der Waals surface area contributed by atoms with Crippen LogP contribution >= 0.6 is 0 Å².